The summed E-state index contributed by atoms with van der Waals surface area (Å²) in [7, 11) is 0. The van der Waals surface area contributed by atoms with Gasteiger partial charge in [-0.2, -0.15) is 10.5 Å². The van der Waals surface area contributed by atoms with Gasteiger partial charge >= 0.3 is 0 Å². The van der Waals surface area contributed by atoms with Crippen LogP contribution in [0.1, 0.15) is 43.2 Å². The molecule has 1 aliphatic carbocycles. The van der Waals surface area contributed by atoms with Crippen molar-refractivity contribution in [3.63, 3.8) is 0 Å². The minimum atomic E-state index is -0.412. The number of rotatable bonds is 1. The predicted octanol–water partition coefficient (Wildman–Crippen LogP) is 2.89. The molecule has 25 heavy (non-hydrogen) atoms. The molecule has 1 saturated carbocycles. The largest absolute Gasteiger partial charge is 0.345 e. The number of hydrogen-bond acceptors (Lipinski definition) is 5. The van der Waals surface area contributed by atoms with E-state index in [-0.39, 0.29) is 5.56 Å². The Balaban J connectivity index is 1.97. The fraction of sp³-hybridized carbons (Fsp3) is 0.316. The van der Waals surface area contributed by atoms with Crippen molar-refractivity contribution in [2.45, 2.75) is 37.8 Å². The van der Waals surface area contributed by atoms with Crippen molar-refractivity contribution in [2.24, 2.45) is 0 Å². The van der Waals surface area contributed by atoms with E-state index in [1.54, 1.807) is 0 Å². The van der Waals surface area contributed by atoms with Crippen LogP contribution >= 0.6 is 0 Å². The molecule has 0 atom stereocenters. The SMILES string of the molecule is N#Cc1c(-c2ccccc2)c(C#N)c(=O)n2c1NC1(CCCCC1)N2. The first-order valence-corrected chi connectivity index (χ1v) is 8.44. The summed E-state index contributed by atoms with van der Waals surface area (Å²) in [5, 5.41) is 22.8. The highest BCUT2D eigenvalue weighted by Crippen LogP contribution is 2.38. The number of hydrogen-bond donors (Lipinski definition) is 2. The van der Waals surface area contributed by atoms with Crippen LogP contribution in [0.2, 0.25) is 0 Å². The lowest BCUT2D eigenvalue weighted by atomic mass is 9.89. The average Bonchev–Trinajstić information content (AvgIpc) is 3.01. The van der Waals surface area contributed by atoms with Crippen LogP contribution in [0.3, 0.4) is 0 Å². The van der Waals surface area contributed by atoms with Crippen molar-refractivity contribution < 1.29 is 0 Å². The number of benzene rings is 1. The fourth-order valence-corrected chi connectivity index (χ4v) is 3.87. The number of pyridine rings is 1. The van der Waals surface area contributed by atoms with Gasteiger partial charge in [0.2, 0.25) is 0 Å². The van der Waals surface area contributed by atoms with Crippen molar-refractivity contribution >= 4 is 5.82 Å². The topological polar surface area (TPSA) is 93.6 Å². The normalized spacial score (nSPS) is 17.0. The van der Waals surface area contributed by atoms with Crippen LogP contribution in [-0.2, 0) is 0 Å². The van der Waals surface area contributed by atoms with Gasteiger partial charge < -0.3 is 5.32 Å². The van der Waals surface area contributed by atoms with Crippen LogP contribution in [0.25, 0.3) is 11.1 Å². The summed E-state index contributed by atoms with van der Waals surface area (Å²) in [6.45, 7) is 0. The number of anilines is 1. The summed E-state index contributed by atoms with van der Waals surface area (Å²) in [4.78, 5) is 12.9. The number of nitriles is 2. The smallest absolute Gasteiger partial charge is 0.289 e. The van der Waals surface area contributed by atoms with Gasteiger partial charge in [0.25, 0.3) is 5.56 Å². The number of nitrogens with one attached hydrogen (secondary N) is 2. The fourth-order valence-electron chi connectivity index (χ4n) is 3.87. The highest BCUT2D eigenvalue weighted by molar-refractivity contribution is 5.82. The van der Waals surface area contributed by atoms with Gasteiger partial charge in [0.15, 0.2) is 0 Å². The van der Waals surface area contributed by atoms with E-state index in [4.69, 9.17) is 0 Å². The molecule has 2 aliphatic rings. The van der Waals surface area contributed by atoms with Crippen LogP contribution in [0.4, 0.5) is 5.82 Å². The Morgan fingerprint density at radius 1 is 1.00 bits per heavy atom. The molecule has 6 nitrogen and oxygen atoms in total. The number of nitrogens with zero attached hydrogens (tertiary/aromatic N) is 3. The zero-order valence-electron chi connectivity index (χ0n) is 13.7. The average molecular weight is 331 g/mol. The van der Waals surface area contributed by atoms with Gasteiger partial charge in [-0.3, -0.25) is 10.2 Å². The van der Waals surface area contributed by atoms with E-state index in [1.807, 2.05) is 36.4 Å². The van der Waals surface area contributed by atoms with Crippen molar-refractivity contribution in [2.75, 3.05) is 10.7 Å². The molecule has 1 fully saturated rings. The first kappa shape index (κ1) is 15.3. The molecule has 1 spiro atoms. The van der Waals surface area contributed by atoms with Crippen LogP contribution in [0.5, 0.6) is 0 Å². The Morgan fingerprint density at radius 3 is 2.32 bits per heavy atom. The second kappa shape index (κ2) is 5.68. The van der Waals surface area contributed by atoms with Crippen molar-refractivity contribution in [1.29, 1.82) is 10.5 Å². The molecule has 2 aromatic rings. The monoisotopic (exact) mass is 331 g/mol. The maximum Gasteiger partial charge on any atom is 0.289 e. The van der Waals surface area contributed by atoms with Crippen LogP contribution in [-0.4, -0.2) is 10.3 Å². The van der Waals surface area contributed by atoms with Gasteiger partial charge in [-0.25, -0.2) is 4.68 Å². The van der Waals surface area contributed by atoms with E-state index < -0.39 is 11.2 Å². The molecule has 0 saturated heterocycles. The molecule has 1 aromatic heterocycles. The molecule has 0 unspecified atom stereocenters. The third-order valence-electron chi connectivity index (χ3n) is 5.05. The van der Waals surface area contributed by atoms with Gasteiger partial charge in [-0.05, 0) is 31.2 Å². The molecule has 1 aliphatic heterocycles. The van der Waals surface area contributed by atoms with E-state index in [9.17, 15) is 15.3 Å². The Morgan fingerprint density at radius 2 is 1.68 bits per heavy atom. The van der Waals surface area contributed by atoms with Gasteiger partial charge in [-0.1, -0.05) is 36.8 Å². The van der Waals surface area contributed by atoms with E-state index in [2.05, 4.69) is 16.8 Å². The van der Waals surface area contributed by atoms with E-state index in [0.29, 0.717) is 22.5 Å². The van der Waals surface area contributed by atoms with E-state index in [1.165, 1.54) is 11.1 Å². The summed E-state index contributed by atoms with van der Waals surface area (Å²) in [6.07, 6.45) is 5.03. The minimum absolute atomic E-state index is 0.00587. The van der Waals surface area contributed by atoms with Crippen molar-refractivity contribution in [3.05, 3.63) is 51.8 Å². The minimum Gasteiger partial charge on any atom is -0.345 e. The Bertz CT molecular complexity index is 972. The van der Waals surface area contributed by atoms with Gasteiger partial charge in [0.05, 0.1) is 0 Å². The molecule has 4 rings (SSSR count). The third kappa shape index (κ3) is 2.27. The molecule has 6 heteroatoms. The number of fused-ring (bicyclic) bond motifs is 1. The maximum absolute atomic E-state index is 12.9. The van der Waals surface area contributed by atoms with Crippen molar-refractivity contribution in [3.8, 4) is 23.3 Å². The van der Waals surface area contributed by atoms with Gasteiger partial charge in [0.1, 0.15) is 34.7 Å². The molecule has 124 valence electrons. The number of aromatic nitrogens is 1. The molecule has 0 amide bonds. The zero-order valence-corrected chi connectivity index (χ0v) is 13.7. The summed E-state index contributed by atoms with van der Waals surface area (Å²) in [6, 6.07) is 13.4. The second-order valence-corrected chi connectivity index (χ2v) is 6.58. The molecule has 0 radical (unpaired) electrons. The highest BCUT2D eigenvalue weighted by Gasteiger charge is 2.40. The molecule has 1 aromatic carbocycles. The Labute approximate surface area is 145 Å². The predicted molar refractivity (Wildman–Crippen MR) is 94.4 cm³/mol. The van der Waals surface area contributed by atoms with Gasteiger partial charge in [-0.15, -0.1) is 0 Å². The van der Waals surface area contributed by atoms with Gasteiger partial charge in [0, 0.05) is 5.56 Å². The molecular formula is C19H17N5O. The van der Waals surface area contributed by atoms with Crippen LogP contribution < -0.4 is 16.3 Å². The Kier molecular flexibility index (Phi) is 3.47. The summed E-state index contributed by atoms with van der Waals surface area (Å²) in [5.41, 5.74) is 3.85. The lowest BCUT2D eigenvalue weighted by Gasteiger charge is -2.33. The molecule has 0 bridgehead atoms. The van der Waals surface area contributed by atoms with E-state index >= 15 is 0 Å². The quantitative estimate of drug-likeness (QED) is 0.838. The van der Waals surface area contributed by atoms with Crippen molar-refractivity contribution in [1.82, 2.24) is 4.68 Å². The maximum atomic E-state index is 12.9. The second-order valence-electron chi connectivity index (χ2n) is 6.58. The highest BCUT2D eigenvalue weighted by atomic mass is 16.1. The third-order valence-corrected chi connectivity index (χ3v) is 5.05. The van der Waals surface area contributed by atoms with E-state index in [0.717, 1.165) is 25.7 Å². The zero-order chi connectivity index (χ0) is 17.4. The summed E-state index contributed by atoms with van der Waals surface area (Å²) in [5.74, 6) is 0.465. The summed E-state index contributed by atoms with van der Waals surface area (Å²) >= 11 is 0. The first-order chi connectivity index (χ1) is 12.2. The lowest BCUT2D eigenvalue weighted by Crippen LogP contribution is -2.46. The molecular weight excluding hydrogens is 314 g/mol. The summed E-state index contributed by atoms with van der Waals surface area (Å²) < 4.78 is 1.36. The lowest BCUT2D eigenvalue weighted by molar-refractivity contribution is 0.353. The van der Waals surface area contributed by atoms with Crippen LogP contribution in [0, 0.1) is 22.7 Å². The molecule has 2 heterocycles. The Hall–Kier alpha value is -3.25. The van der Waals surface area contributed by atoms with Crippen LogP contribution in [0.15, 0.2) is 35.1 Å². The molecule has 2 N–H and O–H groups in total. The standard InChI is InChI=1S/C19H17N5O/c20-11-14-16(13-7-3-1-4-8-13)15(12-21)18(25)24-17(14)22-19(23-24)9-5-2-6-10-19/h1,3-4,7-8,22-23H,2,5-6,9-10H2. The first-order valence-electron chi connectivity index (χ1n) is 8.44.